The highest BCUT2D eigenvalue weighted by Crippen LogP contribution is 2.40. The maximum Gasteiger partial charge on any atom is 0.231 e. The number of fused-ring (bicyclic) bond motifs is 1. The van der Waals surface area contributed by atoms with Crippen molar-refractivity contribution in [1.29, 1.82) is 0 Å². The van der Waals surface area contributed by atoms with E-state index in [9.17, 15) is 0 Å². The molecule has 1 aromatic carbocycles. The van der Waals surface area contributed by atoms with Crippen molar-refractivity contribution in [2.45, 2.75) is 19.5 Å². The van der Waals surface area contributed by atoms with E-state index in [1.54, 1.807) is 0 Å². The molecule has 0 aromatic heterocycles. The summed E-state index contributed by atoms with van der Waals surface area (Å²) in [4.78, 5) is 2.43. The van der Waals surface area contributed by atoms with E-state index in [-0.39, 0.29) is 6.79 Å². The second-order valence-electron chi connectivity index (χ2n) is 4.90. The molecule has 2 aliphatic rings. The molecule has 4 nitrogen and oxygen atoms in total. The third-order valence-corrected chi connectivity index (χ3v) is 3.63. The van der Waals surface area contributed by atoms with Crippen LogP contribution in [0.1, 0.15) is 12.5 Å². The number of nitrogens with zero attached hydrogens (tertiary/aromatic N) is 1. The van der Waals surface area contributed by atoms with Gasteiger partial charge in [-0.15, -0.1) is 0 Å². The Hall–Kier alpha value is -0.970. The zero-order valence-corrected chi connectivity index (χ0v) is 11.2. The summed E-state index contributed by atoms with van der Waals surface area (Å²) in [6, 6.07) is 4.55. The lowest BCUT2D eigenvalue weighted by Crippen LogP contribution is -2.48. The lowest BCUT2D eigenvalue weighted by atomic mass is 10.1. The van der Waals surface area contributed by atoms with E-state index in [0.29, 0.717) is 16.8 Å². The van der Waals surface area contributed by atoms with Crippen LogP contribution in [-0.4, -0.2) is 37.4 Å². The summed E-state index contributed by atoms with van der Waals surface area (Å²) in [6.07, 6.45) is 0. The predicted octanol–water partition coefficient (Wildman–Crippen LogP) is 1.86. The van der Waals surface area contributed by atoms with Gasteiger partial charge in [0, 0.05) is 32.2 Å². The maximum absolute atomic E-state index is 6.19. The van der Waals surface area contributed by atoms with Crippen LogP contribution in [0.3, 0.4) is 0 Å². The Morgan fingerprint density at radius 1 is 1.44 bits per heavy atom. The van der Waals surface area contributed by atoms with Crippen LogP contribution in [0.4, 0.5) is 0 Å². The van der Waals surface area contributed by atoms with Gasteiger partial charge in [-0.2, -0.15) is 0 Å². The van der Waals surface area contributed by atoms with Crippen molar-refractivity contribution >= 4 is 11.6 Å². The van der Waals surface area contributed by atoms with Gasteiger partial charge in [0.1, 0.15) is 0 Å². The van der Waals surface area contributed by atoms with Crippen molar-refractivity contribution in [2.75, 3.05) is 26.4 Å². The molecule has 0 spiro atoms. The first-order chi connectivity index (χ1) is 8.72. The van der Waals surface area contributed by atoms with Gasteiger partial charge in [-0.25, -0.2) is 0 Å². The highest BCUT2D eigenvalue weighted by Gasteiger charge is 2.20. The highest BCUT2D eigenvalue weighted by atomic mass is 35.5. The van der Waals surface area contributed by atoms with Gasteiger partial charge in [0.25, 0.3) is 0 Å². The number of rotatable bonds is 2. The van der Waals surface area contributed by atoms with Crippen molar-refractivity contribution in [2.24, 2.45) is 0 Å². The van der Waals surface area contributed by atoms with E-state index in [0.717, 1.165) is 31.9 Å². The maximum atomic E-state index is 6.19. The number of ether oxygens (including phenoxy) is 2. The summed E-state index contributed by atoms with van der Waals surface area (Å²) in [7, 11) is 0. The fraction of sp³-hybridized carbons (Fsp3) is 0.538. The first-order valence-electron chi connectivity index (χ1n) is 6.26. The number of hydrogen-bond donors (Lipinski definition) is 1. The third-order valence-electron chi connectivity index (χ3n) is 3.35. The molecule has 0 saturated carbocycles. The van der Waals surface area contributed by atoms with Crippen LogP contribution in [0.25, 0.3) is 0 Å². The van der Waals surface area contributed by atoms with Crippen molar-refractivity contribution in [1.82, 2.24) is 10.2 Å². The van der Waals surface area contributed by atoms with Gasteiger partial charge in [0.2, 0.25) is 6.79 Å². The van der Waals surface area contributed by atoms with Crippen LogP contribution in [0.5, 0.6) is 11.5 Å². The summed E-state index contributed by atoms with van der Waals surface area (Å²) in [6.45, 7) is 6.55. The standard InChI is InChI=1S/C13H17ClN2O2/c1-9-6-16(3-2-15-9)7-10-4-11(14)13-12(5-10)17-8-18-13/h4-5,9,15H,2-3,6-8H2,1H3/t9-/m0/s1. The average Bonchev–Trinajstić information content (AvgIpc) is 2.77. The zero-order chi connectivity index (χ0) is 12.5. The van der Waals surface area contributed by atoms with Crippen LogP contribution in [0.2, 0.25) is 5.02 Å². The third kappa shape index (κ3) is 2.41. The molecular weight excluding hydrogens is 252 g/mol. The molecular formula is C13H17ClN2O2. The van der Waals surface area contributed by atoms with E-state index >= 15 is 0 Å². The molecule has 0 amide bonds. The molecule has 1 N–H and O–H groups in total. The van der Waals surface area contributed by atoms with Crippen molar-refractivity contribution in [3.63, 3.8) is 0 Å². The van der Waals surface area contributed by atoms with E-state index < -0.39 is 0 Å². The lowest BCUT2D eigenvalue weighted by molar-refractivity contribution is 0.173. The predicted molar refractivity (Wildman–Crippen MR) is 70.3 cm³/mol. The minimum atomic E-state index is 0.267. The van der Waals surface area contributed by atoms with E-state index in [4.69, 9.17) is 21.1 Å². The van der Waals surface area contributed by atoms with Gasteiger partial charge in [0.15, 0.2) is 11.5 Å². The Morgan fingerprint density at radius 3 is 3.17 bits per heavy atom. The Bertz CT molecular complexity index is 453. The minimum absolute atomic E-state index is 0.267. The molecule has 0 unspecified atom stereocenters. The smallest absolute Gasteiger partial charge is 0.231 e. The number of piperazine rings is 1. The summed E-state index contributed by atoms with van der Waals surface area (Å²) in [5.74, 6) is 1.44. The molecule has 0 bridgehead atoms. The monoisotopic (exact) mass is 268 g/mol. The highest BCUT2D eigenvalue weighted by molar-refractivity contribution is 6.32. The second kappa shape index (κ2) is 4.96. The molecule has 1 saturated heterocycles. The summed E-state index contributed by atoms with van der Waals surface area (Å²) in [5, 5.41) is 4.08. The molecule has 2 heterocycles. The van der Waals surface area contributed by atoms with Crippen molar-refractivity contribution in [3.05, 3.63) is 22.7 Å². The SMILES string of the molecule is C[C@H]1CN(Cc2cc(Cl)c3c(c2)OCO3)CCN1. The summed E-state index contributed by atoms with van der Waals surface area (Å²) >= 11 is 6.19. The van der Waals surface area contributed by atoms with E-state index in [1.807, 2.05) is 12.1 Å². The van der Waals surface area contributed by atoms with Gasteiger partial charge < -0.3 is 14.8 Å². The molecule has 3 rings (SSSR count). The molecule has 5 heteroatoms. The molecule has 18 heavy (non-hydrogen) atoms. The normalized spacial score (nSPS) is 23.3. The van der Waals surface area contributed by atoms with Crippen LogP contribution < -0.4 is 14.8 Å². The van der Waals surface area contributed by atoms with Crippen molar-refractivity contribution in [3.8, 4) is 11.5 Å². The van der Waals surface area contributed by atoms with E-state index in [2.05, 4.69) is 17.1 Å². The van der Waals surface area contributed by atoms with Crippen LogP contribution >= 0.6 is 11.6 Å². The van der Waals surface area contributed by atoms with Gasteiger partial charge in [-0.05, 0) is 24.6 Å². The molecule has 2 aliphatic heterocycles. The molecule has 1 fully saturated rings. The number of nitrogens with one attached hydrogen (secondary N) is 1. The number of halogens is 1. The second-order valence-corrected chi connectivity index (χ2v) is 5.31. The van der Waals surface area contributed by atoms with Crippen LogP contribution in [0, 0.1) is 0 Å². The van der Waals surface area contributed by atoms with Crippen LogP contribution in [-0.2, 0) is 6.54 Å². The quantitative estimate of drug-likeness (QED) is 0.888. The first-order valence-corrected chi connectivity index (χ1v) is 6.64. The van der Waals surface area contributed by atoms with Gasteiger partial charge in [0.05, 0.1) is 5.02 Å². The Kier molecular flexibility index (Phi) is 3.33. The summed E-state index contributed by atoms with van der Waals surface area (Å²) < 4.78 is 10.7. The van der Waals surface area contributed by atoms with E-state index in [1.165, 1.54) is 5.56 Å². The Labute approximate surface area is 112 Å². The first kappa shape index (κ1) is 12.1. The lowest BCUT2D eigenvalue weighted by Gasteiger charge is -2.31. The number of hydrogen-bond acceptors (Lipinski definition) is 4. The average molecular weight is 269 g/mol. The molecule has 98 valence electrons. The summed E-state index contributed by atoms with van der Waals surface area (Å²) in [5.41, 5.74) is 1.18. The Morgan fingerprint density at radius 2 is 2.33 bits per heavy atom. The molecule has 0 aliphatic carbocycles. The molecule has 0 radical (unpaired) electrons. The van der Waals surface area contributed by atoms with Crippen molar-refractivity contribution < 1.29 is 9.47 Å². The largest absolute Gasteiger partial charge is 0.454 e. The topological polar surface area (TPSA) is 33.7 Å². The zero-order valence-electron chi connectivity index (χ0n) is 10.4. The molecule has 1 aromatic rings. The Balaban J connectivity index is 1.75. The molecule has 1 atom stereocenters. The van der Waals surface area contributed by atoms with Crippen LogP contribution in [0.15, 0.2) is 12.1 Å². The fourth-order valence-electron chi connectivity index (χ4n) is 2.53. The number of benzene rings is 1. The van der Waals surface area contributed by atoms with Gasteiger partial charge in [-0.3, -0.25) is 4.90 Å². The van der Waals surface area contributed by atoms with Gasteiger partial charge >= 0.3 is 0 Å². The van der Waals surface area contributed by atoms with Gasteiger partial charge in [-0.1, -0.05) is 11.6 Å². The fourth-order valence-corrected chi connectivity index (χ4v) is 2.81. The minimum Gasteiger partial charge on any atom is -0.454 e.